The molecule has 142 valence electrons. The van der Waals surface area contributed by atoms with Crippen molar-refractivity contribution < 1.29 is 18.7 Å². The highest BCUT2D eigenvalue weighted by Crippen LogP contribution is 2.44. The summed E-state index contributed by atoms with van der Waals surface area (Å²) in [6.45, 7) is 5.10. The summed E-state index contributed by atoms with van der Waals surface area (Å²) in [5.74, 6) is 0.144. The topological polar surface area (TPSA) is 49.9 Å². The number of halogens is 1. The fourth-order valence-corrected chi connectivity index (χ4v) is 4.41. The molecule has 0 saturated carbocycles. The molecule has 2 aliphatic heterocycles. The van der Waals surface area contributed by atoms with E-state index in [1.807, 2.05) is 9.80 Å². The highest BCUT2D eigenvalue weighted by molar-refractivity contribution is 5.79. The monoisotopic (exact) mass is 362 g/mol. The van der Waals surface area contributed by atoms with Crippen LogP contribution < -0.4 is 0 Å². The Labute approximate surface area is 154 Å². The van der Waals surface area contributed by atoms with Crippen LogP contribution >= 0.6 is 0 Å². The number of likely N-dealkylation sites (tertiary alicyclic amines) is 2. The minimum absolute atomic E-state index is 0.0372. The predicted molar refractivity (Wildman–Crippen MR) is 96.0 cm³/mol. The van der Waals surface area contributed by atoms with Crippen LogP contribution in [0.5, 0.6) is 0 Å². The van der Waals surface area contributed by atoms with Gasteiger partial charge in [-0.2, -0.15) is 0 Å². The van der Waals surface area contributed by atoms with Gasteiger partial charge in [-0.3, -0.25) is 9.59 Å². The van der Waals surface area contributed by atoms with E-state index in [9.17, 15) is 14.0 Å². The van der Waals surface area contributed by atoms with E-state index < -0.39 is 0 Å². The molecular weight excluding hydrogens is 335 g/mol. The highest BCUT2D eigenvalue weighted by atomic mass is 19.1. The van der Waals surface area contributed by atoms with Crippen LogP contribution in [0, 0.1) is 17.2 Å². The van der Waals surface area contributed by atoms with E-state index in [2.05, 4.69) is 0 Å². The van der Waals surface area contributed by atoms with Gasteiger partial charge in [-0.15, -0.1) is 0 Å². The molecular formula is C20H27FN2O3. The number of piperidine rings is 1. The number of methoxy groups -OCH3 is 1. The van der Waals surface area contributed by atoms with Gasteiger partial charge in [0.2, 0.25) is 11.8 Å². The van der Waals surface area contributed by atoms with E-state index in [1.165, 1.54) is 12.1 Å². The highest BCUT2D eigenvalue weighted by Gasteiger charge is 2.49. The van der Waals surface area contributed by atoms with Crippen molar-refractivity contribution in [2.75, 3.05) is 39.9 Å². The molecule has 2 amide bonds. The number of hydrogen-bond donors (Lipinski definition) is 0. The van der Waals surface area contributed by atoms with Gasteiger partial charge in [-0.05, 0) is 36.0 Å². The minimum Gasteiger partial charge on any atom is -0.384 e. The van der Waals surface area contributed by atoms with E-state index in [0.29, 0.717) is 31.2 Å². The zero-order chi connectivity index (χ0) is 18.7. The zero-order valence-corrected chi connectivity index (χ0v) is 15.5. The second-order valence-corrected chi connectivity index (χ2v) is 7.60. The van der Waals surface area contributed by atoms with Gasteiger partial charge in [-0.25, -0.2) is 4.39 Å². The van der Waals surface area contributed by atoms with Gasteiger partial charge in [-0.1, -0.05) is 12.1 Å². The number of carbonyl (C=O) groups excluding carboxylic acids is 2. The van der Waals surface area contributed by atoms with Crippen LogP contribution in [-0.4, -0.2) is 61.5 Å². The van der Waals surface area contributed by atoms with E-state index >= 15 is 0 Å². The number of amides is 2. The first-order chi connectivity index (χ1) is 12.4. The fraction of sp³-hybridized carbons (Fsp3) is 0.600. The quantitative estimate of drug-likeness (QED) is 0.824. The van der Waals surface area contributed by atoms with Crippen LogP contribution in [-0.2, 0) is 20.7 Å². The van der Waals surface area contributed by atoms with Gasteiger partial charge in [0.15, 0.2) is 0 Å². The van der Waals surface area contributed by atoms with Crippen molar-refractivity contribution in [3.05, 3.63) is 35.6 Å². The molecule has 6 heteroatoms. The van der Waals surface area contributed by atoms with Crippen molar-refractivity contribution in [3.63, 3.8) is 0 Å². The van der Waals surface area contributed by atoms with Gasteiger partial charge in [0, 0.05) is 46.1 Å². The van der Waals surface area contributed by atoms with Gasteiger partial charge in [0.1, 0.15) is 5.82 Å². The maximum Gasteiger partial charge on any atom is 0.226 e. The lowest BCUT2D eigenvalue weighted by Gasteiger charge is -2.42. The van der Waals surface area contributed by atoms with Crippen molar-refractivity contribution in [1.82, 2.24) is 9.80 Å². The molecule has 2 heterocycles. The largest absolute Gasteiger partial charge is 0.384 e. The maximum absolute atomic E-state index is 13.3. The number of nitrogens with zero attached hydrogens (tertiary/aromatic N) is 2. The van der Waals surface area contributed by atoms with Crippen LogP contribution in [0.25, 0.3) is 0 Å². The summed E-state index contributed by atoms with van der Waals surface area (Å²) >= 11 is 0. The summed E-state index contributed by atoms with van der Waals surface area (Å²) in [6.07, 6.45) is 1.98. The molecule has 5 nitrogen and oxygen atoms in total. The maximum atomic E-state index is 13.3. The Morgan fingerprint density at radius 1 is 1.27 bits per heavy atom. The lowest BCUT2D eigenvalue weighted by atomic mass is 9.71. The fourth-order valence-electron chi connectivity index (χ4n) is 4.41. The number of benzene rings is 1. The van der Waals surface area contributed by atoms with Crippen LogP contribution in [0.3, 0.4) is 0 Å². The third kappa shape index (κ3) is 3.90. The van der Waals surface area contributed by atoms with Crippen LogP contribution in [0.2, 0.25) is 0 Å². The number of ether oxygens (including phenoxy) is 1. The molecule has 1 unspecified atom stereocenters. The number of rotatable bonds is 4. The Hall–Kier alpha value is -1.95. The first kappa shape index (κ1) is 18.8. The molecule has 0 aromatic heterocycles. The molecule has 1 aromatic rings. The Bertz CT molecular complexity index is 671. The van der Waals surface area contributed by atoms with Crippen LogP contribution in [0.1, 0.15) is 25.3 Å². The predicted octanol–water partition coefficient (Wildman–Crippen LogP) is 2.10. The smallest absolute Gasteiger partial charge is 0.226 e. The molecule has 3 rings (SSSR count). The van der Waals surface area contributed by atoms with Crippen molar-refractivity contribution in [2.45, 2.75) is 26.2 Å². The minimum atomic E-state index is -0.314. The first-order valence-corrected chi connectivity index (χ1v) is 9.20. The molecule has 1 atom stereocenters. The second kappa shape index (κ2) is 7.74. The van der Waals surface area contributed by atoms with E-state index in [-0.39, 0.29) is 29.5 Å². The second-order valence-electron chi connectivity index (χ2n) is 7.60. The molecule has 2 fully saturated rings. The van der Waals surface area contributed by atoms with E-state index in [4.69, 9.17) is 4.74 Å². The van der Waals surface area contributed by atoms with Crippen LogP contribution in [0.4, 0.5) is 4.39 Å². The molecule has 1 spiro atoms. The SMILES string of the molecule is COCC1CN(C(C)=O)CC12CCN(C(=O)Cc1cccc(F)c1)CC2. The Balaban J connectivity index is 1.62. The third-order valence-electron chi connectivity index (χ3n) is 5.98. The number of carbonyl (C=O) groups is 2. The lowest BCUT2D eigenvalue weighted by molar-refractivity contribution is -0.134. The average Bonchev–Trinajstić information content (AvgIpc) is 2.94. The molecule has 0 N–H and O–H groups in total. The van der Waals surface area contributed by atoms with Crippen molar-refractivity contribution in [2.24, 2.45) is 11.3 Å². The van der Waals surface area contributed by atoms with Gasteiger partial charge in [0.25, 0.3) is 0 Å². The van der Waals surface area contributed by atoms with Crippen LogP contribution in [0.15, 0.2) is 24.3 Å². The lowest BCUT2D eigenvalue weighted by Crippen LogP contribution is -2.47. The number of hydrogen-bond acceptors (Lipinski definition) is 3. The molecule has 1 aromatic carbocycles. The van der Waals surface area contributed by atoms with Gasteiger partial charge >= 0.3 is 0 Å². The average molecular weight is 362 g/mol. The molecule has 2 saturated heterocycles. The standard InChI is InChI=1S/C20H27FN2O3/c1-15(24)23-12-17(13-26-2)20(14-23)6-8-22(9-7-20)19(25)11-16-4-3-5-18(21)10-16/h3-5,10,17H,6-9,11-14H2,1-2H3. The zero-order valence-electron chi connectivity index (χ0n) is 15.5. The Morgan fingerprint density at radius 3 is 2.62 bits per heavy atom. The summed E-state index contributed by atoms with van der Waals surface area (Å²) in [5, 5.41) is 0. The van der Waals surface area contributed by atoms with E-state index in [0.717, 1.165) is 25.9 Å². The first-order valence-electron chi connectivity index (χ1n) is 9.20. The molecule has 2 aliphatic rings. The normalized spacial score (nSPS) is 22.0. The Kier molecular flexibility index (Phi) is 5.61. The summed E-state index contributed by atoms with van der Waals surface area (Å²) in [6, 6.07) is 6.21. The summed E-state index contributed by atoms with van der Waals surface area (Å²) in [7, 11) is 1.70. The third-order valence-corrected chi connectivity index (χ3v) is 5.98. The van der Waals surface area contributed by atoms with Gasteiger partial charge < -0.3 is 14.5 Å². The summed E-state index contributed by atoms with van der Waals surface area (Å²) < 4.78 is 18.7. The van der Waals surface area contributed by atoms with Gasteiger partial charge in [0.05, 0.1) is 13.0 Å². The van der Waals surface area contributed by atoms with Crippen molar-refractivity contribution >= 4 is 11.8 Å². The summed E-state index contributed by atoms with van der Waals surface area (Å²) in [5.41, 5.74) is 0.744. The molecule has 0 bridgehead atoms. The molecule has 26 heavy (non-hydrogen) atoms. The molecule has 0 aliphatic carbocycles. The molecule has 0 radical (unpaired) electrons. The van der Waals surface area contributed by atoms with Crippen molar-refractivity contribution in [1.29, 1.82) is 0 Å². The van der Waals surface area contributed by atoms with E-state index in [1.54, 1.807) is 26.2 Å². The summed E-state index contributed by atoms with van der Waals surface area (Å²) in [4.78, 5) is 28.2. The van der Waals surface area contributed by atoms with Crippen molar-refractivity contribution in [3.8, 4) is 0 Å². The Morgan fingerprint density at radius 2 is 2.00 bits per heavy atom.